The van der Waals surface area contributed by atoms with Crippen LogP contribution in [0.4, 0.5) is 5.69 Å². The molecule has 2 aromatic carbocycles. The Hall–Kier alpha value is -3.56. The molecule has 0 saturated heterocycles. The third-order valence-electron chi connectivity index (χ3n) is 11.0. The summed E-state index contributed by atoms with van der Waals surface area (Å²) >= 11 is 5.48. The van der Waals surface area contributed by atoms with Gasteiger partial charge in [-0.15, -0.1) is 5.92 Å². The number of benzene rings is 2. The predicted octanol–water partition coefficient (Wildman–Crippen LogP) is 7.52. The summed E-state index contributed by atoms with van der Waals surface area (Å²) in [5.74, 6) is 10.7. The largest absolute Gasteiger partial charge is 0.454 e. The molecule has 1 unspecified atom stereocenters. The monoisotopic (exact) mass is 575 g/mol. The Balaban J connectivity index is 1.09. The van der Waals surface area contributed by atoms with Gasteiger partial charge in [0.15, 0.2) is 16.6 Å². The highest BCUT2D eigenvalue weighted by Crippen LogP contribution is 2.83. The van der Waals surface area contributed by atoms with Gasteiger partial charge in [-0.25, -0.2) is 0 Å². The van der Waals surface area contributed by atoms with Crippen LogP contribution in [0.5, 0.6) is 11.5 Å². The highest BCUT2D eigenvalue weighted by Gasteiger charge is 2.76. The number of para-hydroxylation sites is 1. The van der Waals surface area contributed by atoms with Crippen LogP contribution in [0.25, 0.3) is 0 Å². The van der Waals surface area contributed by atoms with Crippen molar-refractivity contribution in [1.82, 2.24) is 5.32 Å². The molecule has 42 heavy (non-hydrogen) atoms. The Morgan fingerprint density at radius 2 is 1.95 bits per heavy atom. The number of allylic oxidation sites excluding steroid dienone is 4. The normalized spacial score (nSPS) is 32.5. The molecule has 0 bridgehead atoms. The molecule has 3 saturated carbocycles. The van der Waals surface area contributed by atoms with Crippen LogP contribution in [-0.2, 0) is 0 Å². The average molecular weight is 576 g/mol. The molecule has 1 aliphatic heterocycles. The molecule has 6 heteroatoms. The highest BCUT2D eigenvalue weighted by molar-refractivity contribution is 7.80. The van der Waals surface area contributed by atoms with Gasteiger partial charge in [0.2, 0.25) is 6.79 Å². The summed E-state index contributed by atoms with van der Waals surface area (Å²) in [6.07, 6.45) is 11.9. The van der Waals surface area contributed by atoms with Crippen molar-refractivity contribution in [3.05, 3.63) is 76.9 Å². The maximum Gasteiger partial charge on any atom is 0.231 e. The van der Waals surface area contributed by atoms with Crippen molar-refractivity contribution in [2.75, 3.05) is 18.8 Å². The van der Waals surface area contributed by atoms with E-state index in [9.17, 15) is 0 Å². The number of fused-ring (bicyclic) bond motifs is 4. The van der Waals surface area contributed by atoms with Crippen LogP contribution in [0, 0.1) is 34.5 Å². The Labute approximate surface area is 253 Å². The zero-order chi connectivity index (χ0) is 28.3. The molecule has 2 N–H and O–H groups in total. The van der Waals surface area contributed by atoms with Gasteiger partial charge >= 0.3 is 0 Å². The van der Waals surface area contributed by atoms with E-state index in [0.717, 1.165) is 42.4 Å². The van der Waals surface area contributed by atoms with Crippen molar-refractivity contribution in [2.24, 2.45) is 27.7 Å². The summed E-state index contributed by atoms with van der Waals surface area (Å²) in [6, 6.07) is 16.7. The van der Waals surface area contributed by atoms with Crippen molar-refractivity contribution in [1.29, 1.82) is 0 Å². The van der Waals surface area contributed by atoms with E-state index in [1.54, 1.807) is 11.1 Å². The molecule has 8 rings (SSSR count). The molecule has 1 heterocycles. The molecule has 5 aliphatic carbocycles. The van der Waals surface area contributed by atoms with Gasteiger partial charge in [-0.05, 0) is 135 Å². The van der Waals surface area contributed by atoms with Crippen molar-refractivity contribution in [3.63, 3.8) is 0 Å². The van der Waals surface area contributed by atoms with Crippen LogP contribution in [0.3, 0.4) is 0 Å². The lowest BCUT2D eigenvalue weighted by atomic mass is 9.56. The SMILES string of the molecule is CC#C[C@]12CCC3[C@@H]4CCC5=CC(=NCNC(=S)Nc6ccccc6)CCC5=C4[C@@H](c4ccc5c(c4)OCO5)C[C@@]31C2. The minimum atomic E-state index is 0.253. The van der Waals surface area contributed by atoms with Crippen LogP contribution in [0.2, 0.25) is 0 Å². The number of anilines is 1. The van der Waals surface area contributed by atoms with E-state index in [1.807, 2.05) is 37.3 Å². The molecule has 6 aliphatic rings. The van der Waals surface area contributed by atoms with Gasteiger partial charge in [0.1, 0.15) is 6.67 Å². The van der Waals surface area contributed by atoms with E-state index < -0.39 is 0 Å². The van der Waals surface area contributed by atoms with Gasteiger partial charge in [-0.2, -0.15) is 0 Å². The number of nitrogens with one attached hydrogen (secondary N) is 2. The van der Waals surface area contributed by atoms with E-state index in [4.69, 9.17) is 26.7 Å². The summed E-state index contributed by atoms with van der Waals surface area (Å²) in [7, 11) is 0. The number of hydrogen-bond donors (Lipinski definition) is 2. The zero-order valence-corrected chi connectivity index (χ0v) is 25.0. The lowest BCUT2D eigenvalue weighted by molar-refractivity contribution is 0.159. The Morgan fingerprint density at radius 1 is 1.07 bits per heavy atom. The first kappa shape index (κ1) is 26.1. The highest BCUT2D eigenvalue weighted by atomic mass is 32.1. The zero-order valence-electron chi connectivity index (χ0n) is 24.2. The molecule has 1 spiro atoms. The van der Waals surface area contributed by atoms with Crippen LogP contribution in [0.15, 0.2) is 76.3 Å². The number of nitrogens with zero attached hydrogens (tertiary/aromatic N) is 1. The number of thiocarbonyl (C=S) groups is 1. The van der Waals surface area contributed by atoms with E-state index in [0.29, 0.717) is 35.8 Å². The first-order valence-electron chi connectivity index (χ1n) is 15.5. The molecule has 214 valence electrons. The Morgan fingerprint density at radius 3 is 2.83 bits per heavy atom. The maximum atomic E-state index is 5.85. The van der Waals surface area contributed by atoms with Gasteiger partial charge < -0.3 is 20.1 Å². The summed E-state index contributed by atoms with van der Waals surface area (Å²) in [5.41, 5.74) is 9.03. The topological polar surface area (TPSA) is 54.9 Å². The van der Waals surface area contributed by atoms with Crippen LogP contribution in [-0.4, -0.2) is 24.3 Å². The first-order chi connectivity index (χ1) is 20.6. The molecule has 5 atom stereocenters. The second-order valence-corrected chi connectivity index (χ2v) is 13.3. The van der Waals surface area contributed by atoms with Crippen molar-refractivity contribution >= 4 is 28.7 Å². The molecule has 3 fully saturated rings. The molecule has 5 nitrogen and oxygen atoms in total. The molecule has 2 aromatic rings. The average Bonchev–Trinajstić information content (AvgIpc) is 3.28. The van der Waals surface area contributed by atoms with Gasteiger partial charge in [0.05, 0.1) is 0 Å². The summed E-state index contributed by atoms with van der Waals surface area (Å²) in [4.78, 5) is 4.91. The summed E-state index contributed by atoms with van der Waals surface area (Å²) < 4.78 is 11.5. The number of ether oxygens (including phenoxy) is 2. The van der Waals surface area contributed by atoms with Crippen molar-refractivity contribution in [2.45, 2.75) is 64.2 Å². The molecule has 0 amide bonds. The smallest absolute Gasteiger partial charge is 0.231 e. The number of hydrogen-bond acceptors (Lipinski definition) is 4. The fraction of sp³-hybridized carbons (Fsp3) is 0.444. The third kappa shape index (κ3) is 4.12. The fourth-order valence-electron chi connectivity index (χ4n) is 9.31. The van der Waals surface area contributed by atoms with E-state index in [2.05, 4.69) is 46.7 Å². The van der Waals surface area contributed by atoms with E-state index >= 15 is 0 Å². The number of rotatable bonds is 4. The van der Waals surface area contributed by atoms with Gasteiger partial charge in [0.25, 0.3) is 0 Å². The lowest BCUT2D eigenvalue weighted by Gasteiger charge is -2.48. The predicted molar refractivity (Wildman–Crippen MR) is 171 cm³/mol. The molecule has 0 aromatic heterocycles. The van der Waals surface area contributed by atoms with E-state index in [-0.39, 0.29) is 5.41 Å². The first-order valence-corrected chi connectivity index (χ1v) is 15.9. The number of aliphatic imine (C=N–C) groups is 1. The Kier molecular flexibility index (Phi) is 6.23. The summed E-state index contributed by atoms with van der Waals surface area (Å²) in [6.45, 7) is 2.83. The standard InChI is InChI=1S/C36H37N3O2S/c1-2-15-35-16-14-30-28-11-8-23-17-26(37-21-38-34(42)39-25-6-4-3-5-7-25)10-12-27(23)33(28)29(19-36(30,35)20-35)24-9-13-31-32(18-24)41-22-40-31/h3-7,9,13,17-18,28-30H,8,10-12,14,16,19-22H2,1H3,(H2,38,39,42)/t28-,29+,30?,35+,36+/m0/s1. The lowest BCUT2D eigenvalue weighted by Crippen LogP contribution is -2.38. The minimum absolute atomic E-state index is 0.253. The van der Waals surface area contributed by atoms with Gasteiger partial charge in [-0.1, -0.05) is 35.8 Å². The van der Waals surface area contributed by atoms with Crippen molar-refractivity contribution < 1.29 is 9.47 Å². The molecule has 0 radical (unpaired) electrons. The molecular weight excluding hydrogens is 538 g/mol. The maximum absolute atomic E-state index is 5.85. The van der Waals surface area contributed by atoms with Gasteiger partial charge in [0, 0.05) is 22.7 Å². The van der Waals surface area contributed by atoms with E-state index in [1.165, 1.54) is 49.0 Å². The second kappa shape index (κ2) is 10.0. The Bertz CT molecular complexity index is 1610. The van der Waals surface area contributed by atoms with Crippen LogP contribution >= 0.6 is 12.2 Å². The fourth-order valence-corrected chi connectivity index (χ4v) is 9.49. The van der Waals surface area contributed by atoms with Gasteiger partial charge in [-0.3, -0.25) is 4.99 Å². The quantitative estimate of drug-likeness (QED) is 0.292. The third-order valence-corrected chi connectivity index (χ3v) is 11.3. The second-order valence-electron chi connectivity index (χ2n) is 12.9. The van der Waals surface area contributed by atoms with Crippen LogP contribution < -0.4 is 20.1 Å². The van der Waals surface area contributed by atoms with Crippen LogP contribution in [0.1, 0.15) is 69.8 Å². The summed E-state index contributed by atoms with van der Waals surface area (Å²) in [5, 5.41) is 7.08. The minimum Gasteiger partial charge on any atom is -0.454 e. The molecular formula is C36H37N3O2S. The van der Waals surface area contributed by atoms with Crippen molar-refractivity contribution in [3.8, 4) is 23.3 Å².